The highest BCUT2D eigenvalue weighted by Crippen LogP contribution is 2.05. The highest BCUT2D eigenvalue weighted by atomic mass is 19.1. The number of hydrogen-bond donors (Lipinski definition) is 2. The Labute approximate surface area is 75.0 Å². The Balaban J connectivity index is 2.41. The number of amides is 1. The van der Waals surface area contributed by atoms with Crippen LogP contribution in [-0.2, 0) is 4.79 Å². The topological polar surface area (TPSA) is 68.0 Å². The Kier molecular flexibility index (Phi) is 3.19. The summed E-state index contributed by atoms with van der Waals surface area (Å²) in [4.78, 5) is 13.7. The Morgan fingerprint density at radius 3 is 3.08 bits per heavy atom. The van der Waals surface area contributed by atoms with Crippen molar-refractivity contribution in [3.63, 3.8) is 0 Å². The molecule has 0 aliphatic heterocycles. The van der Waals surface area contributed by atoms with Gasteiger partial charge in [0.2, 0.25) is 11.9 Å². The zero-order valence-corrected chi connectivity index (χ0v) is 6.96. The summed E-state index contributed by atoms with van der Waals surface area (Å²) >= 11 is 0. The van der Waals surface area contributed by atoms with Crippen LogP contribution in [0.1, 0.15) is 6.42 Å². The van der Waals surface area contributed by atoms with Gasteiger partial charge in [-0.1, -0.05) is 0 Å². The molecule has 1 aromatic rings. The summed E-state index contributed by atoms with van der Waals surface area (Å²) in [6, 6.07) is 2.87. The Hall–Kier alpha value is -1.65. The van der Waals surface area contributed by atoms with Gasteiger partial charge in [-0.3, -0.25) is 4.79 Å². The smallest absolute Gasteiger partial charge is 0.219 e. The van der Waals surface area contributed by atoms with Crippen molar-refractivity contribution in [2.75, 3.05) is 11.9 Å². The van der Waals surface area contributed by atoms with Gasteiger partial charge in [0.25, 0.3) is 0 Å². The molecule has 3 N–H and O–H groups in total. The van der Waals surface area contributed by atoms with Gasteiger partial charge in [-0.2, -0.15) is 4.39 Å². The van der Waals surface area contributed by atoms with E-state index in [1.54, 1.807) is 6.07 Å². The van der Waals surface area contributed by atoms with Gasteiger partial charge in [-0.05, 0) is 6.07 Å². The molecule has 1 rings (SSSR count). The molecular formula is C8H10FN3O. The van der Waals surface area contributed by atoms with E-state index in [0.29, 0.717) is 12.2 Å². The van der Waals surface area contributed by atoms with Gasteiger partial charge < -0.3 is 11.1 Å². The number of primary amides is 1. The first kappa shape index (κ1) is 9.44. The van der Waals surface area contributed by atoms with E-state index in [0.717, 1.165) is 0 Å². The van der Waals surface area contributed by atoms with Gasteiger partial charge in [0, 0.05) is 30.9 Å². The largest absolute Gasteiger partial charge is 0.384 e. The van der Waals surface area contributed by atoms with Gasteiger partial charge in [0.05, 0.1) is 0 Å². The van der Waals surface area contributed by atoms with Crippen LogP contribution in [0, 0.1) is 5.95 Å². The molecule has 70 valence electrons. The summed E-state index contributed by atoms with van der Waals surface area (Å²) < 4.78 is 12.5. The van der Waals surface area contributed by atoms with Crippen LogP contribution in [-0.4, -0.2) is 17.4 Å². The summed E-state index contributed by atoms with van der Waals surface area (Å²) in [7, 11) is 0. The van der Waals surface area contributed by atoms with Crippen molar-refractivity contribution >= 4 is 11.6 Å². The molecule has 0 saturated carbocycles. The predicted molar refractivity (Wildman–Crippen MR) is 46.5 cm³/mol. The molecular weight excluding hydrogens is 173 g/mol. The maximum atomic E-state index is 12.5. The maximum absolute atomic E-state index is 12.5. The van der Waals surface area contributed by atoms with Crippen LogP contribution in [0.2, 0.25) is 0 Å². The van der Waals surface area contributed by atoms with Gasteiger partial charge in [-0.15, -0.1) is 0 Å². The summed E-state index contributed by atoms with van der Waals surface area (Å²) in [5.74, 6) is -0.939. The van der Waals surface area contributed by atoms with Crippen LogP contribution in [0.3, 0.4) is 0 Å². The molecule has 0 aliphatic rings. The van der Waals surface area contributed by atoms with Gasteiger partial charge in [-0.25, -0.2) is 4.98 Å². The molecule has 1 aromatic heterocycles. The van der Waals surface area contributed by atoms with Crippen molar-refractivity contribution in [1.29, 1.82) is 0 Å². The molecule has 1 heterocycles. The van der Waals surface area contributed by atoms with Gasteiger partial charge in [0.15, 0.2) is 0 Å². The van der Waals surface area contributed by atoms with Gasteiger partial charge >= 0.3 is 0 Å². The van der Waals surface area contributed by atoms with Crippen LogP contribution < -0.4 is 11.1 Å². The molecule has 5 heteroatoms. The molecule has 0 fully saturated rings. The highest BCUT2D eigenvalue weighted by molar-refractivity contribution is 5.74. The molecule has 0 atom stereocenters. The second-order valence-electron chi connectivity index (χ2n) is 2.51. The first-order valence-corrected chi connectivity index (χ1v) is 3.82. The van der Waals surface area contributed by atoms with E-state index in [1.165, 1.54) is 12.3 Å². The number of halogens is 1. The first-order valence-electron chi connectivity index (χ1n) is 3.82. The van der Waals surface area contributed by atoms with E-state index >= 15 is 0 Å². The number of carbonyl (C=O) groups excluding carboxylic acids is 1. The number of hydrogen-bond acceptors (Lipinski definition) is 3. The lowest BCUT2D eigenvalue weighted by Crippen LogP contribution is -2.15. The highest BCUT2D eigenvalue weighted by Gasteiger charge is 1.96. The minimum atomic E-state index is -0.552. The van der Waals surface area contributed by atoms with Crippen molar-refractivity contribution in [3.8, 4) is 0 Å². The third-order valence-corrected chi connectivity index (χ3v) is 1.43. The van der Waals surface area contributed by atoms with Crippen LogP contribution in [0.5, 0.6) is 0 Å². The summed E-state index contributed by atoms with van der Waals surface area (Å²) in [5, 5.41) is 2.84. The number of pyridine rings is 1. The monoisotopic (exact) mass is 183 g/mol. The van der Waals surface area contributed by atoms with E-state index < -0.39 is 5.95 Å². The molecule has 0 spiro atoms. The summed E-state index contributed by atoms with van der Waals surface area (Å²) in [6.07, 6.45) is 1.58. The van der Waals surface area contributed by atoms with E-state index in [4.69, 9.17) is 5.73 Å². The first-order chi connectivity index (χ1) is 6.18. The molecule has 4 nitrogen and oxygen atoms in total. The fourth-order valence-corrected chi connectivity index (χ4v) is 0.842. The van der Waals surface area contributed by atoms with Crippen LogP contribution in [0.15, 0.2) is 18.3 Å². The lowest BCUT2D eigenvalue weighted by Gasteiger charge is -2.03. The number of anilines is 1. The number of nitrogens with zero attached hydrogens (tertiary/aromatic N) is 1. The predicted octanol–water partition coefficient (Wildman–Crippen LogP) is 0.508. The minimum Gasteiger partial charge on any atom is -0.384 e. The molecule has 0 saturated heterocycles. The standard InChI is InChI=1S/C8H10FN3O/c9-7-5-6(1-3-12-7)11-4-2-8(10)13/h1,3,5H,2,4H2,(H2,10,13)(H,11,12). The molecule has 0 radical (unpaired) electrons. The average Bonchev–Trinajstić information content (AvgIpc) is 2.03. The van der Waals surface area contributed by atoms with Crippen molar-refractivity contribution in [2.45, 2.75) is 6.42 Å². The molecule has 13 heavy (non-hydrogen) atoms. The maximum Gasteiger partial charge on any atom is 0.219 e. The lowest BCUT2D eigenvalue weighted by molar-refractivity contribution is -0.117. The zero-order valence-electron chi connectivity index (χ0n) is 6.96. The number of rotatable bonds is 4. The second-order valence-corrected chi connectivity index (χ2v) is 2.51. The number of nitrogens with two attached hydrogens (primary N) is 1. The van der Waals surface area contributed by atoms with E-state index in [-0.39, 0.29) is 12.3 Å². The second kappa shape index (κ2) is 4.39. The normalized spacial score (nSPS) is 9.62. The lowest BCUT2D eigenvalue weighted by atomic mass is 10.3. The zero-order chi connectivity index (χ0) is 9.68. The van der Waals surface area contributed by atoms with Crippen molar-refractivity contribution < 1.29 is 9.18 Å². The van der Waals surface area contributed by atoms with Gasteiger partial charge in [0.1, 0.15) is 0 Å². The molecule has 0 bridgehead atoms. The Bertz CT molecular complexity index is 303. The number of nitrogens with one attached hydrogen (secondary N) is 1. The van der Waals surface area contributed by atoms with E-state index in [2.05, 4.69) is 10.3 Å². The summed E-state index contributed by atoms with van der Waals surface area (Å²) in [5.41, 5.74) is 5.51. The van der Waals surface area contributed by atoms with Crippen LogP contribution in [0.25, 0.3) is 0 Å². The molecule has 0 aliphatic carbocycles. The van der Waals surface area contributed by atoms with E-state index in [9.17, 15) is 9.18 Å². The average molecular weight is 183 g/mol. The van der Waals surface area contributed by atoms with Crippen LogP contribution in [0.4, 0.5) is 10.1 Å². The number of aromatic nitrogens is 1. The Morgan fingerprint density at radius 2 is 2.46 bits per heavy atom. The van der Waals surface area contributed by atoms with Crippen LogP contribution >= 0.6 is 0 Å². The fourth-order valence-electron chi connectivity index (χ4n) is 0.842. The van der Waals surface area contributed by atoms with E-state index in [1.807, 2.05) is 0 Å². The fraction of sp³-hybridized carbons (Fsp3) is 0.250. The summed E-state index contributed by atoms with van der Waals surface area (Å²) in [6.45, 7) is 0.402. The third-order valence-electron chi connectivity index (χ3n) is 1.43. The van der Waals surface area contributed by atoms with Crippen molar-refractivity contribution in [3.05, 3.63) is 24.3 Å². The van der Waals surface area contributed by atoms with Crippen molar-refractivity contribution in [1.82, 2.24) is 4.98 Å². The number of carbonyl (C=O) groups is 1. The molecule has 0 aromatic carbocycles. The third kappa shape index (κ3) is 3.50. The molecule has 1 amide bonds. The molecule has 0 unspecified atom stereocenters. The SMILES string of the molecule is NC(=O)CCNc1ccnc(F)c1. The van der Waals surface area contributed by atoms with Crippen molar-refractivity contribution in [2.24, 2.45) is 5.73 Å². The Morgan fingerprint density at radius 1 is 1.69 bits per heavy atom. The minimum absolute atomic E-state index is 0.226. The quantitative estimate of drug-likeness (QED) is 0.668.